The number of aryl methyl sites for hydroxylation is 2. The number of nitrogens with zero attached hydrogens (tertiary/aromatic N) is 4. The van der Waals surface area contributed by atoms with E-state index in [1.807, 2.05) is 0 Å². The quantitative estimate of drug-likeness (QED) is 0.555. The Morgan fingerprint density at radius 2 is 1.83 bits per heavy atom. The Bertz CT molecular complexity index is 1200. The van der Waals surface area contributed by atoms with Crippen LogP contribution in [0.5, 0.6) is 0 Å². The smallest absolute Gasteiger partial charge is 0.410 e. The highest BCUT2D eigenvalue weighted by Gasteiger charge is 2.30. The van der Waals surface area contributed by atoms with Crippen molar-refractivity contribution in [3.05, 3.63) is 77.2 Å². The molecule has 0 aliphatic carbocycles. The molecule has 0 N–H and O–H groups in total. The molecule has 1 amide bonds. The number of piperidine rings is 1. The molecule has 4 heterocycles. The molecule has 7 heteroatoms. The van der Waals surface area contributed by atoms with Crippen molar-refractivity contribution >= 4 is 6.09 Å². The lowest BCUT2D eigenvalue weighted by Crippen LogP contribution is -2.35. The predicted octanol–water partition coefficient (Wildman–Crippen LogP) is 4.26. The zero-order valence-electron chi connectivity index (χ0n) is 20.2. The van der Waals surface area contributed by atoms with E-state index < -0.39 is 0 Å². The lowest BCUT2D eigenvalue weighted by Gasteiger charge is -2.32. The zero-order chi connectivity index (χ0) is 23.8. The van der Waals surface area contributed by atoms with Gasteiger partial charge in [-0.15, -0.1) is 0 Å². The van der Waals surface area contributed by atoms with Gasteiger partial charge in [0.05, 0.1) is 18.3 Å². The molecule has 1 unspecified atom stereocenters. The second-order valence-corrected chi connectivity index (χ2v) is 9.88. The molecular formula is C28H32N4O3. The first-order valence-corrected chi connectivity index (χ1v) is 12.6. The third-order valence-corrected chi connectivity index (χ3v) is 7.46. The van der Waals surface area contributed by atoms with Crippen molar-refractivity contribution in [2.75, 3.05) is 33.3 Å². The number of amides is 1. The second-order valence-electron chi connectivity index (χ2n) is 9.88. The van der Waals surface area contributed by atoms with Crippen LogP contribution in [-0.2, 0) is 29.0 Å². The molecule has 3 aliphatic heterocycles. The van der Waals surface area contributed by atoms with Gasteiger partial charge in [0.2, 0.25) is 0 Å². The van der Waals surface area contributed by atoms with Crippen molar-refractivity contribution in [1.82, 2.24) is 19.4 Å². The molecule has 6 rings (SSSR count). The maximum Gasteiger partial charge on any atom is 0.410 e. The molecule has 0 bridgehead atoms. The first kappa shape index (κ1) is 22.3. The molecule has 0 saturated carbocycles. The van der Waals surface area contributed by atoms with Crippen LogP contribution < -0.4 is 0 Å². The molecule has 182 valence electrons. The summed E-state index contributed by atoms with van der Waals surface area (Å²) >= 11 is 0. The third-order valence-electron chi connectivity index (χ3n) is 7.46. The molecule has 2 aromatic carbocycles. The Kier molecular flexibility index (Phi) is 6.04. The minimum Gasteiger partial charge on any atom is -0.448 e. The number of fused-ring (bicyclic) bond motifs is 2. The Hall–Kier alpha value is -3.16. The maximum absolute atomic E-state index is 11.8. The van der Waals surface area contributed by atoms with Crippen molar-refractivity contribution in [3.8, 4) is 11.3 Å². The number of hydrogen-bond donors (Lipinski definition) is 0. The van der Waals surface area contributed by atoms with E-state index in [9.17, 15) is 4.79 Å². The standard InChI is InChI=1S/C28H32N4O3/c1-30-13-11-23(12-14-30)35-26-24-5-3-2-4-21(24)10-15-31-19-25(29-27(26)31)22-8-6-20(7-9-22)18-32-16-17-34-28(32)33/h2-9,19,23,26H,10-18H2,1H3. The number of aromatic nitrogens is 2. The summed E-state index contributed by atoms with van der Waals surface area (Å²) in [5.74, 6) is 0.993. The third kappa shape index (κ3) is 4.58. The predicted molar refractivity (Wildman–Crippen MR) is 133 cm³/mol. The highest BCUT2D eigenvalue weighted by atomic mass is 16.6. The van der Waals surface area contributed by atoms with Gasteiger partial charge in [0.15, 0.2) is 0 Å². The fraction of sp³-hybridized carbons (Fsp3) is 0.429. The number of likely N-dealkylation sites (tertiary alicyclic amines) is 1. The van der Waals surface area contributed by atoms with Gasteiger partial charge >= 0.3 is 6.09 Å². The van der Waals surface area contributed by atoms with Crippen LogP contribution in [-0.4, -0.2) is 64.8 Å². The van der Waals surface area contributed by atoms with E-state index in [-0.39, 0.29) is 18.3 Å². The summed E-state index contributed by atoms with van der Waals surface area (Å²) in [6.45, 7) is 4.72. The van der Waals surface area contributed by atoms with E-state index in [0.717, 1.165) is 61.5 Å². The molecule has 7 nitrogen and oxygen atoms in total. The lowest BCUT2D eigenvalue weighted by molar-refractivity contribution is -0.0275. The molecule has 3 aliphatic rings. The van der Waals surface area contributed by atoms with Gasteiger partial charge in [-0.2, -0.15) is 0 Å². The minimum absolute atomic E-state index is 0.156. The lowest BCUT2D eigenvalue weighted by atomic mass is 10.00. The summed E-state index contributed by atoms with van der Waals surface area (Å²) in [4.78, 5) is 21.0. The molecular weight excluding hydrogens is 440 g/mol. The summed E-state index contributed by atoms with van der Waals surface area (Å²) in [5.41, 5.74) is 5.72. The van der Waals surface area contributed by atoms with Gasteiger partial charge in [0.1, 0.15) is 18.5 Å². The fourth-order valence-electron chi connectivity index (χ4n) is 5.37. The van der Waals surface area contributed by atoms with Crippen molar-refractivity contribution in [2.24, 2.45) is 0 Å². The molecule has 2 fully saturated rings. The van der Waals surface area contributed by atoms with Crippen LogP contribution >= 0.6 is 0 Å². The number of benzene rings is 2. The van der Waals surface area contributed by atoms with Gasteiger partial charge < -0.3 is 23.8 Å². The summed E-state index contributed by atoms with van der Waals surface area (Å²) in [5, 5.41) is 0. The van der Waals surface area contributed by atoms with E-state index in [1.165, 1.54) is 11.1 Å². The van der Waals surface area contributed by atoms with Crippen molar-refractivity contribution in [1.29, 1.82) is 0 Å². The number of hydrogen-bond acceptors (Lipinski definition) is 5. The van der Waals surface area contributed by atoms with Gasteiger partial charge in [-0.3, -0.25) is 0 Å². The summed E-state index contributed by atoms with van der Waals surface area (Å²) in [6, 6.07) is 17.0. The van der Waals surface area contributed by atoms with E-state index in [0.29, 0.717) is 19.7 Å². The van der Waals surface area contributed by atoms with Gasteiger partial charge in [0, 0.05) is 37.9 Å². The number of carbonyl (C=O) groups excluding carboxylic acids is 1. The fourth-order valence-corrected chi connectivity index (χ4v) is 5.37. The Labute approximate surface area is 206 Å². The highest BCUT2D eigenvalue weighted by Crippen LogP contribution is 2.36. The van der Waals surface area contributed by atoms with Gasteiger partial charge in [-0.1, -0.05) is 48.5 Å². The van der Waals surface area contributed by atoms with Crippen LogP contribution in [0.3, 0.4) is 0 Å². The number of rotatable bonds is 5. The summed E-state index contributed by atoms with van der Waals surface area (Å²) < 4.78 is 14.1. The number of cyclic esters (lactones) is 1. The Morgan fingerprint density at radius 3 is 2.60 bits per heavy atom. The van der Waals surface area contributed by atoms with E-state index in [1.54, 1.807) is 4.90 Å². The first-order chi connectivity index (χ1) is 17.1. The van der Waals surface area contributed by atoms with Crippen LogP contribution in [0.2, 0.25) is 0 Å². The second kappa shape index (κ2) is 9.47. The van der Waals surface area contributed by atoms with Crippen molar-refractivity contribution in [3.63, 3.8) is 0 Å². The number of carbonyl (C=O) groups is 1. The van der Waals surface area contributed by atoms with Gasteiger partial charge in [-0.05, 0) is 43.0 Å². The van der Waals surface area contributed by atoms with E-state index in [4.69, 9.17) is 14.5 Å². The van der Waals surface area contributed by atoms with Crippen molar-refractivity contribution < 1.29 is 14.3 Å². The minimum atomic E-state index is -0.233. The van der Waals surface area contributed by atoms with Crippen LogP contribution in [0.25, 0.3) is 11.3 Å². The molecule has 0 radical (unpaired) electrons. The molecule has 2 saturated heterocycles. The molecule has 1 atom stereocenters. The number of imidazole rings is 1. The largest absolute Gasteiger partial charge is 0.448 e. The van der Waals surface area contributed by atoms with Crippen LogP contribution in [0.15, 0.2) is 54.7 Å². The Balaban J connectivity index is 1.27. The topological polar surface area (TPSA) is 59.8 Å². The average molecular weight is 473 g/mol. The Morgan fingerprint density at radius 1 is 1.03 bits per heavy atom. The van der Waals surface area contributed by atoms with Crippen LogP contribution in [0.1, 0.15) is 41.5 Å². The maximum atomic E-state index is 11.8. The highest BCUT2D eigenvalue weighted by molar-refractivity contribution is 5.69. The van der Waals surface area contributed by atoms with Crippen LogP contribution in [0, 0.1) is 0 Å². The summed E-state index contributed by atoms with van der Waals surface area (Å²) in [6.07, 6.45) is 5.09. The normalized spacial score (nSPS) is 20.9. The summed E-state index contributed by atoms with van der Waals surface area (Å²) in [7, 11) is 2.18. The van der Waals surface area contributed by atoms with Crippen LogP contribution in [0.4, 0.5) is 4.79 Å². The average Bonchev–Trinajstić information content (AvgIpc) is 3.46. The molecule has 35 heavy (non-hydrogen) atoms. The first-order valence-electron chi connectivity index (χ1n) is 12.6. The van der Waals surface area contributed by atoms with Gasteiger partial charge in [0.25, 0.3) is 0 Å². The molecule has 1 aromatic heterocycles. The SMILES string of the molecule is CN1CCC(OC2c3ccccc3CCn3cc(-c4ccc(CN5CCOC5=O)cc4)nc32)CC1. The zero-order valence-corrected chi connectivity index (χ0v) is 20.2. The monoisotopic (exact) mass is 472 g/mol. The molecule has 0 spiro atoms. The van der Waals surface area contributed by atoms with Gasteiger partial charge in [-0.25, -0.2) is 9.78 Å². The van der Waals surface area contributed by atoms with E-state index >= 15 is 0 Å². The molecule has 3 aromatic rings. The van der Waals surface area contributed by atoms with E-state index in [2.05, 4.69) is 71.2 Å². The van der Waals surface area contributed by atoms with Crippen molar-refractivity contribution in [2.45, 2.75) is 44.6 Å². The number of ether oxygens (including phenoxy) is 2.